The van der Waals surface area contributed by atoms with Crippen LogP contribution in [-0.2, 0) is 11.9 Å². The molecule has 21 heavy (non-hydrogen) atoms. The van der Waals surface area contributed by atoms with Crippen LogP contribution in [0.1, 0.15) is 21.1 Å². The van der Waals surface area contributed by atoms with Gasteiger partial charge in [-0.1, -0.05) is 15.9 Å². The number of ether oxygens (including phenoxy) is 3. The first kappa shape index (κ1) is 16.1. The smallest absolute Gasteiger partial charge is 0.203 e. The van der Waals surface area contributed by atoms with Gasteiger partial charge in [-0.2, -0.15) is 0 Å². The van der Waals surface area contributed by atoms with Gasteiger partial charge in [0, 0.05) is 10.2 Å². The molecule has 1 aromatic heterocycles. The van der Waals surface area contributed by atoms with E-state index in [1.54, 1.807) is 25.6 Å². The number of methoxy groups -OCH3 is 2. The molecule has 0 aliphatic carbocycles. The van der Waals surface area contributed by atoms with Crippen molar-refractivity contribution in [3.05, 3.63) is 33.3 Å². The summed E-state index contributed by atoms with van der Waals surface area (Å²) in [5, 5.41) is 1.67. The summed E-state index contributed by atoms with van der Waals surface area (Å²) in [5.74, 6) is 1.93. The van der Waals surface area contributed by atoms with Crippen LogP contribution in [0.3, 0.4) is 0 Å². The van der Waals surface area contributed by atoms with Crippen molar-refractivity contribution in [1.82, 2.24) is 4.98 Å². The fraction of sp³-hybridized carbons (Fsp3) is 0.400. The number of halogens is 1. The zero-order valence-corrected chi connectivity index (χ0v) is 14.9. The molecule has 0 unspecified atom stereocenters. The number of aryl methyl sites for hydroxylation is 2. The Balaban J connectivity index is 2.25. The van der Waals surface area contributed by atoms with Crippen LogP contribution < -0.4 is 14.2 Å². The molecule has 114 valence electrons. The first-order valence-corrected chi connectivity index (χ1v) is 8.39. The molecule has 2 aromatic rings. The highest BCUT2D eigenvalue weighted by Gasteiger charge is 2.15. The lowest BCUT2D eigenvalue weighted by molar-refractivity contribution is 0.265. The predicted octanol–water partition coefficient (Wildman–Crippen LogP) is 4.25. The van der Waals surface area contributed by atoms with Crippen LogP contribution >= 0.6 is 27.3 Å². The lowest BCUT2D eigenvalue weighted by atomic mass is 10.2. The molecule has 2 rings (SSSR count). The second kappa shape index (κ2) is 7.13. The lowest BCUT2D eigenvalue weighted by Crippen LogP contribution is -2.01. The van der Waals surface area contributed by atoms with Gasteiger partial charge in [0.25, 0.3) is 0 Å². The minimum atomic E-state index is 0.403. The van der Waals surface area contributed by atoms with Gasteiger partial charge in [0.2, 0.25) is 5.75 Å². The van der Waals surface area contributed by atoms with Gasteiger partial charge in [-0.25, -0.2) is 4.98 Å². The lowest BCUT2D eigenvalue weighted by Gasteiger charge is -2.15. The van der Waals surface area contributed by atoms with Gasteiger partial charge in [0.15, 0.2) is 11.5 Å². The topological polar surface area (TPSA) is 40.6 Å². The summed E-state index contributed by atoms with van der Waals surface area (Å²) in [4.78, 5) is 5.68. The monoisotopic (exact) mass is 371 g/mol. The van der Waals surface area contributed by atoms with Gasteiger partial charge in [-0.05, 0) is 31.5 Å². The van der Waals surface area contributed by atoms with Gasteiger partial charge in [0.05, 0.1) is 19.9 Å². The average molecular weight is 372 g/mol. The van der Waals surface area contributed by atoms with Gasteiger partial charge in [-0.15, -0.1) is 11.3 Å². The molecule has 0 aliphatic heterocycles. The van der Waals surface area contributed by atoms with Gasteiger partial charge < -0.3 is 14.2 Å². The second-order valence-electron chi connectivity index (χ2n) is 4.50. The van der Waals surface area contributed by atoms with E-state index in [1.807, 2.05) is 19.1 Å². The van der Waals surface area contributed by atoms with E-state index < -0.39 is 0 Å². The van der Waals surface area contributed by atoms with Crippen molar-refractivity contribution in [3.8, 4) is 17.2 Å². The van der Waals surface area contributed by atoms with Crippen LogP contribution in [0.4, 0.5) is 0 Å². The zero-order valence-electron chi connectivity index (χ0n) is 12.5. The minimum absolute atomic E-state index is 0.403. The van der Waals surface area contributed by atoms with Crippen molar-refractivity contribution in [2.24, 2.45) is 0 Å². The van der Waals surface area contributed by atoms with Crippen molar-refractivity contribution in [1.29, 1.82) is 0 Å². The number of nitrogens with zero attached hydrogens (tertiary/aromatic N) is 1. The Morgan fingerprint density at radius 2 is 1.76 bits per heavy atom. The highest BCUT2D eigenvalue weighted by atomic mass is 79.9. The number of hydrogen-bond acceptors (Lipinski definition) is 5. The van der Waals surface area contributed by atoms with E-state index in [4.69, 9.17) is 14.2 Å². The van der Waals surface area contributed by atoms with Gasteiger partial charge in [0.1, 0.15) is 11.6 Å². The molecule has 0 saturated carbocycles. The molecule has 6 heteroatoms. The zero-order chi connectivity index (χ0) is 15.4. The molecule has 1 aromatic carbocycles. The second-order valence-corrected chi connectivity index (χ2v) is 6.35. The summed E-state index contributed by atoms with van der Waals surface area (Å²) in [6.07, 6.45) is 0. The third-order valence-electron chi connectivity index (χ3n) is 3.09. The van der Waals surface area contributed by atoms with Crippen molar-refractivity contribution in [2.45, 2.75) is 25.8 Å². The third kappa shape index (κ3) is 3.68. The van der Waals surface area contributed by atoms with Crippen molar-refractivity contribution < 1.29 is 14.2 Å². The molecule has 0 spiro atoms. The fourth-order valence-electron chi connectivity index (χ4n) is 1.89. The predicted molar refractivity (Wildman–Crippen MR) is 88.1 cm³/mol. The molecule has 0 atom stereocenters. The molecule has 0 amide bonds. The van der Waals surface area contributed by atoms with Crippen molar-refractivity contribution in [2.75, 3.05) is 14.2 Å². The maximum atomic E-state index is 5.89. The Morgan fingerprint density at radius 3 is 2.19 bits per heavy atom. The van der Waals surface area contributed by atoms with Gasteiger partial charge in [-0.3, -0.25) is 0 Å². The van der Waals surface area contributed by atoms with E-state index in [2.05, 4.69) is 27.8 Å². The summed E-state index contributed by atoms with van der Waals surface area (Å²) in [7, 11) is 3.24. The van der Waals surface area contributed by atoms with Crippen LogP contribution in [0.25, 0.3) is 0 Å². The van der Waals surface area contributed by atoms with Crippen LogP contribution in [0.15, 0.2) is 12.1 Å². The summed E-state index contributed by atoms with van der Waals surface area (Å²) >= 11 is 5.08. The summed E-state index contributed by atoms with van der Waals surface area (Å²) in [5.41, 5.74) is 2.11. The highest BCUT2D eigenvalue weighted by molar-refractivity contribution is 9.08. The number of thiazole rings is 1. The Hall–Kier alpha value is -1.27. The molecule has 4 nitrogen and oxygen atoms in total. The van der Waals surface area contributed by atoms with Crippen LogP contribution in [-0.4, -0.2) is 19.2 Å². The molecule has 0 aliphatic rings. The maximum absolute atomic E-state index is 5.89. The van der Waals surface area contributed by atoms with Crippen molar-refractivity contribution in [3.63, 3.8) is 0 Å². The molecule has 0 N–H and O–H groups in total. The highest BCUT2D eigenvalue weighted by Crippen LogP contribution is 2.39. The van der Waals surface area contributed by atoms with Crippen LogP contribution in [0, 0.1) is 13.8 Å². The van der Waals surface area contributed by atoms with E-state index in [9.17, 15) is 0 Å². The standard InChI is InChI=1S/C15H18BrNO3S/c1-9-10(2)21-14(17-9)8-20-15-12(18-3)5-11(7-16)6-13(15)19-4/h5-6H,7-8H2,1-4H3. The van der Waals surface area contributed by atoms with E-state index >= 15 is 0 Å². The Kier molecular flexibility index (Phi) is 5.47. The summed E-state index contributed by atoms with van der Waals surface area (Å²) in [6.45, 7) is 4.46. The molecule has 1 heterocycles. The molecule has 0 radical (unpaired) electrons. The van der Waals surface area contributed by atoms with E-state index in [1.165, 1.54) is 4.88 Å². The van der Waals surface area contributed by atoms with E-state index in [-0.39, 0.29) is 0 Å². The maximum Gasteiger partial charge on any atom is 0.203 e. The molecular formula is C15H18BrNO3S. The van der Waals surface area contributed by atoms with E-state index in [0.29, 0.717) is 23.9 Å². The van der Waals surface area contributed by atoms with Crippen LogP contribution in [0.5, 0.6) is 17.2 Å². The quantitative estimate of drug-likeness (QED) is 0.711. The SMILES string of the molecule is COc1cc(CBr)cc(OC)c1OCc1nc(C)c(C)s1. The number of hydrogen-bond donors (Lipinski definition) is 0. The largest absolute Gasteiger partial charge is 0.493 e. The first-order chi connectivity index (χ1) is 10.1. The molecular weight excluding hydrogens is 354 g/mol. The van der Waals surface area contributed by atoms with Gasteiger partial charge >= 0.3 is 0 Å². The summed E-state index contributed by atoms with van der Waals surface area (Å²) in [6, 6.07) is 3.87. The minimum Gasteiger partial charge on any atom is -0.493 e. The average Bonchev–Trinajstić information content (AvgIpc) is 2.82. The normalized spacial score (nSPS) is 10.5. The number of benzene rings is 1. The Labute approximate surface area is 137 Å². The van der Waals surface area contributed by atoms with E-state index in [0.717, 1.165) is 21.6 Å². The third-order valence-corrected chi connectivity index (χ3v) is 4.78. The molecule has 0 fully saturated rings. The number of rotatable bonds is 6. The molecule has 0 saturated heterocycles. The van der Waals surface area contributed by atoms with Crippen LogP contribution in [0.2, 0.25) is 0 Å². The Morgan fingerprint density at radius 1 is 1.14 bits per heavy atom. The van der Waals surface area contributed by atoms with Crippen molar-refractivity contribution >= 4 is 27.3 Å². The summed E-state index contributed by atoms with van der Waals surface area (Å²) < 4.78 is 16.7. The molecule has 0 bridgehead atoms. The number of aromatic nitrogens is 1. The first-order valence-electron chi connectivity index (χ1n) is 6.45. The fourth-order valence-corrected chi connectivity index (χ4v) is 3.06. The Bertz CT molecular complexity index is 583. The number of alkyl halides is 1.